The molecule has 4 N–H and O–H groups in total. The van der Waals surface area contributed by atoms with Gasteiger partial charge in [0, 0.05) is 26.1 Å². The number of fused-ring (bicyclic) bond motifs is 1. The number of unbranched alkanes of at least 4 members (excludes halogenated alkanes) is 4. The van der Waals surface area contributed by atoms with Gasteiger partial charge in [-0.05, 0) is 142 Å². The summed E-state index contributed by atoms with van der Waals surface area (Å²) in [5.41, 5.74) is 0. The Kier molecular flexibility index (Phi) is 28.2. The zero-order valence-electron chi connectivity index (χ0n) is 37.8. The van der Waals surface area contributed by atoms with E-state index in [9.17, 15) is 29.4 Å². The fourth-order valence-corrected chi connectivity index (χ4v) is 8.59. The maximum atomic E-state index is 12.6. The molecule has 6 fully saturated rings. The second kappa shape index (κ2) is 32.4. The molecule has 15 nitrogen and oxygen atoms in total. The van der Waals surface area contributed by atoms with Crippen molar-refractivity contribution in [3.05, 3.63) is 0 Å². The maximum absolute atomic E-state index is 12.6. The van der Waals surface area contributed by atoms with E-state index < -0.39 is 61.1 Å². The highest BCUT2D eigenvalue weighted by Gasteiger charge is 2.40. The van der Waals surface area contributed by atoms with Gasteiger partial charge in [-0.25, -0.2) is 9.59 Å². The van der Waals surface area contributed by atoms with Crippen molar-refractivity contribution >= 4 is 32.8 Å². The molecular weight excluding hydrogens is 823 g/mol. The molecule has 0 spiro atoms. The number of carbonyl (C=O) groups excluding carboxylic acids is 4. The Labute approximate surface area is 372 Å². The van der Waals surface area contributed by atoms with E-state index in [1.165, 1.54) is 25.7 Å². The SMILES string of the molecule is C1CCC2OC2C1.CPC.O=C(CCCCCO)OC1CCCCC1OC(=O)OC1CCCCC1OC(=O)CCCCCO.O=C(OC1CCCCC1O)OC1CCCCC1O. The molecule has 1 heterocycles. The number of ether oxygens (including phenoxy) is 7. The molecule has 5 aliphatic carbocycles. The lowest BCUT2D eigenvalue weighted by Gasteiger charge is -2.33. The molecule has 0 aromatic heterocycles. The fourth-order valence-electron chi connectivity index (χ4n) is 8.59. The van der Waals surface area contributed by atoms with Crippen LogP contribution in [0.4, 0.5) is 9.59 Å². The first kappa shape index (κ1) is 54.0. The van der Waals surface area contributed by atoms with Gasteiger partial charge in [0.25, 0.3) is 0 Å². The summed E-state index contributed by atoms with van der Waals surface area (Å²) in [6.45, 7) is 4.53. The molecule has 0 amide bonds. The maximum Gasteiger partial charge on any atom is 0.509 e. The van der Waals surface area contributed by atoms with Crippen molar-refractivity contribution in [3.8, 4) is 0 Å². The Bertz CT molecular complexity index is 1150. The molecule has 0 bridgehead atoms. The van der Waals surface area contributed by atoms with Crippen LogP contribution in [-0.2, 0) is 42.7 Å². The molecule has 1 saturated heterocycles. The smallest absolute Gasteiger partial charge is 0.458 e. The van der Waals surface area contributed by atoms with Gasteiger partial charge in [-0.2, -0.15) is 0 Å². The number of hydrogen-bond acceptors (Lipinski definition) is 15. The van der Waals surface area contributed by atoms with E-state index in [1.54, 1.807) is 0 Å². The average Bonchev–Trinajstić information content (AvgIpc) is 4.05. The van der Waals surface area contributed by atoms with Crippen LogP contribution in [0.5, 0.6) is 0 Å². The highest BCUT2D eigenvalue weighted by atomic mass is 31.1. The first-order chi connectivity index (χ1) is 30.1. The second-order valence-electron chi connectivity index (χ2n) is 17.5. The first-order valence-electron chi connectivity index (χ1n) is 24.0. The predicted octanol–water partition coefficient (Wildman–Crippen LogP) is 7.95. The van der Waals surface area contributed by atoms with E-state index in [4.69, 9.17) is 43.4 Å². The quantitative estimate of drug-likeness (QED) is 0.0380. The molecule has 0 aromatic carbocycles. The minimum Gasteiger partial charge on any atom is -0.458 e. The van der Waals surface area contributed by atoms with Crippen LogP contribution in [0, 0.1) is 0 Å². The zero-order valence-corrected chi connectivity index (χ0v) is 38.8. The summed E-state index contributed by atoms with van der Waals surface area (Å²) in [6.07, 6.45) is 18.5. The molecule has 62 heavy (non-hydrogen) atoms. The van der Waals surface area contributed by atoms with E-state index in [-0.39, 0.29) is 38.0 Å². The van der Waals surface area contributed by atoms with Gasteiger partial charge in [0.05, 0.1) is 24.4 Å². The van der Waals surface area contributed by atoms with Gasteiger partial charge in [-0.3, -0.25) is 9.59 Å². The zero-order chi connectivity index (χ0) is 45.0. The van der Waals surface area contributed by atoms with Gasteiger partial charge in [0.1, 0.15) is 36.6 Å². The highest BCUT2D eigenvalue weighted by Crippen LogP contribution is 2.36. The Balaban J connectivity index is 0.000000298. The highest BCUT2D eigenvalue weighted by molar-refractivity contribution is 7.35. The van der Waals surface area contributed by atoms with E-state index in [0.29, 0.717) is 89.3 Å². The molecule has 5 saturated carbocycles. The van der Waals surface area contributed by atoms with Crippen LogP contribution in [0.25, 0.3) is 0 Å². The van der Waals surface area contributed by atoms with Crippen molar-refractivity contribution in [2.45, 2.75) is 241 Å². The van der Waals surface area contributed by atoms with E-state index in [2.05, 4.69) is 13.3 Å². The van der Waals surface area contributed by atoms with Crippen LogP contribution < -0.4 is 0 Å². The predicted molar refractivity (Wildman–Crippen MR) is 234 cm³/mol. The molecule has 10 unspecified atom stereocenters. The van der Waals surface area contributed by atoms with Gasteiger partial charge in [-0.15, -0.1) is 8.58 Å². The van der Waals surface area contributed by atoms with Crippen molar-refractivity contribution in [1.29, 1.82) is 0 Å². The van der Waals surface area contributed by atoms with Gasteiger partial charge in [0.2, 0.25) is 0 Å². The second-order valence-corrected chi connectivity index (χ2v) is 18.5. The number of hydrogen-bond donors (Lipinski definition) is 4. The Morgan fingerprint density at radius 2 is 0.726 bits per heavy atom. The summed E-state index contributed by atoms with van der Waals surface area (Å²) >= 11 is 0. The van der Waals surface area contributed by atoms with Crippen LogP contribution in [0.2, 0.25) is 0 Å². The molecule has 10 atom stereocenters. The largest absolute Gasteiger partial charge is 0.509 e. The summed E-state index contributed by atoms with van der Waals surface area (Å²) in [4.78, 5) is 48.5. The van der Waals surface area contributed by atoms with Crippen molar-refractivity contribution in [2.75, 3.05) is 26.5 Å². The summed E-state index contributed by atoms with van der Waals surface area (Å²) < 4.78 is 37.8. The third kappa shape index (κ3) is 22.6. The Morgan fingerprint density at radius 3 is 1.05 bits per heavy atom. The van der Waals surface area contributed by atoms with Crippen LogP contribution in [0.1, 0.15) is 180 Å². The van der Waals surface area contributed by atoms with Crippen molar-refractivity contribution < 1.29 is 72.8 Å². The number of epoxide rings is 1. The molecule has 16 heteroatoms. The molecule has 6 rings (SSSR count). The number of rotatable bonds is 16. The average molecular weight is 905 g/mol. The Morgan fingerprint density at radius 1 is 0.435 bits per heavy atom. The third-order valence-corrected chi connectivity index (χ3v) is 12.2. The normalized spacial score (nSPS) is 30.0. The number of aliphatic hydroxyl groups excluding tert-OH is 4. The van der Waals surface area contributed by atoms with Crippen LogP contribution in [-0.4, -0.2) is 132 Å². The molecule has 6 aliphatic rings. The van der Waals surface area contributed by atoms with Crippen molar-refractivity contribution in [2.24, 2.45) is 0 Å². The van der Waals surface area contributed by atoms with Crippen LogP contribution in [0.15, 0.2) is 0 Å². The van der Waals surface area contributed by atoms with Gasteiger partial charge < -0.3 is 53.6 Å². The fraction of sp³-hybridized carbons (Fsp3) is 0.913. The lowest BCUT2D eigenvalue weighted by Crippen LogP contribution is -2.41. The van der Waals surface area contributed by atoms with Gasteiger partial charge >= 0.3 is 24.2 Å². The van der Waals surface area contributed by atoms with Crippen LogP contribution >= 0.6 is 8.58 Å². The number of carbonyl (C=O) groups is 4. The summed E-state index contributed by atoms with van der Waals surface area (Å²) in [5, 5.41) is 37.1. The molecule has 360 valence electrons. The lowest BCUT2D eigenvalue weighted by atomic mass is 9.94. The van der Waals surface area contributed by atoms with Crippen LogP contribution in [0.3, 0.4) is 0 Å². The Hall–Kier alpha value is -2.29. The van der Waals surface area contributed by atoms with Crippen molar-refractivity contribution in [1.82, 2.24) is 0 Å². The summed E-state index contributed by atoms with van der Waals surface area (Å²) in [5.74, 6) is -0.630. The van der Waals surface area contributed by atoms with Crippen molar-refractivity contribution in [3.63, 3.8) is 0 Å². The van der Waals surface area contributed by atoms with E-state index in [0.717, 1.165) is 72.8 Å². The number of aliphatic hydroxyl groups is 4. The minimum atomic E-state index is -0.813. The van der Waals surface area contributed by atoms with Gasteiger partial charge in [-0.1, -0.05) is 38.5 Å². The molecule has 1 aliphatic heterocycles. The minimum absolute atomic E-state index is 0.112. The van der Waals surface area contributed by atoms with Gasteiger partial charge in [0.15, 0.2) is 0 Å². The topological polar surface area (TPSA) is 217 Å². The molecule has 0 radical (unpaired) electrons. The first-order valence-corrected chi connectivity index (χ1v) is 26.0. The summed E-state index contributed by atoms with van der Waals surface area (Å²) in [6, 6.07) is 0. The third-order valence-electron chi connectivity index (χ3n) is 12.2. The molecule has 0 aromatic rings. The molecular formula is C46H81O15P. The lowest BCUT2D eigenvalue weighted by molar-refractivity contribution is -0.163. The van der Waals surface area contributed by atoms with E-state index >= 15 is 0 Å². The van der Waals surface area contributed by atoms with E-state index in [1.807, 2.05) is 0 Å². The summed E-state index contributed by atoms with van der Waals surface area (Å²) in [7, 11) is 1.08. The number of esters is 2. The standard InChI is InChI=1S/C25H42O9.C13H22O5.C6H10O.C2H7P/c26-17-9-1-3-15-23(28)31-19-11-5-7-13-21(19)33-25(30)34-22-14-8-6-12-20(22)32-24(29)16-4-2-10-18-27;14-9-5-1-3-7-11(9)17-13(16)18-12-8-4-2-6-10(12)15;1-2-4-6-5(3-1)7-6;1-3-2/h19-22,26-27H,1-18H2;9-12,14-15H,1-8H2;5-6H,1-4H2;3H,1-2H3. The monoisotopic (exact) mass is 905 g/mol.